The number of hydrogen-bond donors (Lipinski definition) is 0. The maximum atomic E-state index is 12.7. The zero-order chi connectivity index (χ0) is 19.2. The van der Waals surface area contributed by atoms with E-state index in [2.05, 4.69) is 6.92 Å². The molecule has 0 radical (unpaired) electrons. The van der Waals surface area contributed by atoms with Gasteiger partial charge in [0.25, 0.3) is 0 Å². The van der Waals surface area contributed by atoms with Crippen LogP contribution in [0.3, 0.4) is 0 Å². The summed E-state index contributed by atoms with van der Waals surface area (Å²) < 4.78 is 73.0. The number of alkyl halides is 5. The standard InChI is InChI=1S/C18H33F5OS/c1-2-3-4-5-6-7-8-9-10-11-12-15-25(24)16-13-14-17(19,20)18(21,22)23/h2-16H2,1H3. The maximum absolute atomic E-state index is 12.7. The molecule has 0 aromatic heterocycles. The van der Waals surface area contributed by atoms with Crippen LogP contribution in [0.4, 0.5) is 22.0 Å². The van der Waals surface area contributed by atoms with Crippen molar-refractivity contribution in [1.82, 2.24) is 0 Å². The third kappa shape index (κ3) is 13.6. The summed E-state index contributed by atoms with van der Waals surface area (Å²) in [5.74, 6) is -4.36. The van der Waals surface area contributed by atoms with E-state index in [0.717, 1.165) is 25.7 Å². The largest absolute Gasteiger partial charge is 0.453 e. The topological polar surface area (TPSA) is 17.1 Å². The molecule has 0 aromatic carbocycles. The molecule has 0 saturated heterocycles. The van der Waals surface area contributed by atoms with Crippen LogP contribution in [0.5, 0.6) is 0 Å². The van der Waals surface area contributed by atoms with Crippen LogP contribution >= 0.6 is 0 Å². The van der Waals surface area contributed by atoms with E-state index in [9.17, 15) is 26.2 Å². The van der Waals surface area contributed by atoms with Crippen LogP contribution in [0.15, 0.2) is 0 Å². The summed E-state index contributed by atoms with van der Waals surface area (Å²) in [6, 6.07) is 0. The fourth-order valence-corrected chi connectivity index (χ4v) is 3.82. The second kappa shape index (κ2) is 13.9. The average molecular weight is 393 g/mol. The zero-order valence-corrected chi connectivity index (χ0v) is 16.1. The lowest BCUT2D eigenvalue weighted by Crippen LogP contribution is -2.36. The van der Waals surface area contributed by atoms with Crippen molar-refractivity contribution in [2.75, 3.05) is 11.5 Å². The fraction of sp³-hybridized carbons (Fsp3) is 1.00. The Labute approximate surface area is 151 Å². The molecule has 0 aliphatic rings. The Kier molecular flexibility index (Phi) is 13.8. The second-order valence-corrected chi connectivity index (χ2v) is 8.39. The van der Waals surface area contributed by atoms with E-state index >= 15 is 0 Å². The molecule has 0 spiro atoms. The third-order valence-corrected chi connectivity index (χ3v) is 5.74. The molecular weight excluding hydrogens is 359 g/mol. The molecule has 25 heavy (non-hydrogen) atoms. The summed E-state index contributed by atoms with van der Waals surface area (Å²) in [7, 11) is -1.30. The first-order chi connectivity index (χ1) is 11.7. The van der Waals surface area contributed by atoms with Gasteiger partial charge in [0, 0.05) is 28.7 Å². The second-order valence-electron chi connectivity index (χ2n) is 6.69. The van der Waals surface area contributed by atoms with Gasteiger partial charge >= 0.3 is 12.1 Å². The summed E-state index contributed by atoms with van der Waals surface area (Å²) in [4.78, 5) is 0. The molecule has 152 valence electrons. The highest BCUT2D eigenvalue weighted by molar-refractivity contribution is 7.84. The molecule has 0 heterocycles. The Morgan fingerprint density at radius 1 is 0.640 bits per heavy atom. The van der Waals surface area contributed by atoms with Crippen LogP contribution in [-0.2, 0) is 10.8 Å². The van der Waals surface area contributed by atoms with Gasteiger partial charge in [-0.25, -0.2) is 0 Å². The van der Waals surface area contributed by atoms with E-state index in [0.29, 0.717) is 5.75 Å². The SMILES string of the molecule is CCCCCCCCCCCCCS(=O)CCCC(F)(F)C(F)(F)F. The minimum atomic E-state index is -5.51. The molecule has 1 nitrogen and oxygen atoms in total. The molecule has 1 unspecified atom stereocenters. The molecular formula is C18H33F5OS. The molecule has 0 fully saturated rings. The van der Waals surface area contributed by atoms with Gasteiger partial charge < -0.3 is 0 Å². The van der Waals surface area contributed by atoms with Crippen molar-refractivity contribution in [2.24, 2.45) is 0 Å². The first-order valence-electron chi connectivity index (χ1n) is 9.50. The molecule has 0 rings (SSSR count). The monoisotopic (exact) mass is 392 g/mol. The van der Waals surface area contributed by atoms with E-state index in [1.807, 2.05) is 0 Å². The Hall–Kier alpha value is -0.200. The Morgan fingerprint density at radius 3 is 1.48 bits per heavy atom. The van der Waals surface area contributed by atoms with Crippen molar-refractivity contribution >= 4 is 10.8 Å². The van der Waals surface area contributed by atoms with Crippen molar-refractivity contribution < 1.29 is 26.2 Å². The predicted octanol–water partition coefficient (Wildman–Crippen LogP) is 7.02. The van der Waals surface area contributed by atoms with Crippen molar-refractivity contribution in [2.45, 2.75) is 102 Å². The van der Waals surface area contributed by atoms with Gasteiger partial charge in [0.1, 0.15) is 0 Å². The molecule has 0 amide bonds. The van der Waals surface area contributed by atoms with E-state index < -0.39 is 29.3 Å². The average Bonchev–Trinajstić information content (AvgIpc) is 2.51. The lowest BCUT2D eigenvalue weighted by atomic mass is 10.1. The highest BCUT2D eigenvalue weighted by Gasteiger charge is 2.56. The zero-order valence-electron chi connectivity index (χ0n) is 15.3. The number of halogens is 5. The lowest BCUT2D eigenvalue weighted by Gasteiger charge is -2.19. The normalized spacial score (nSPS) is 14.0. The fourth-order valence-electron chi connectivity index (χ4n) is 2.63. The third-order valence-electron chi connectivity index (χ3n) is 4.25. The highest BCUT2D eigenvalue weighted by atomic mass is 32.2. The van der Waals surface area contributed by atoms with Crippen molar-refractivity contribution in [3.63, 3.8) is 0 Å². The number of hydrogen-bond acceptors (Lipinski definition) is 1. The van der Waals surface area contributed by atoms with Crippen LogP contribution in [0.25, 0.3) is 0 Å². The molecule has 0 saturated carbocycles. The summed E-state index contributed by atoms with van der Waals surface area (Å²) in [5, 5.41) is 0. The summed E-state index contributed by atoms with van der Waals surface area (Å²) in [5.41, 5.74) is 0. The van der Waals surface area contributed by atoms with Gasteiger partial charge in [-0.3, -0.25) is 4.21 Å². The predicted molar refractivity (Wildman–Crippen MR) is 94.6 cm³/mol. The van der Waals surface area contributed by atoms with Crippen molar-refractivity contribution in [3.05, 3.63) is 0 Å². The molecule has 0 aliphatic heterocycles. The molecule has 0 bridgehead atoms. The maximum Gasteiger partial charge on any atom is 0.453 e. The van der Waals surface area contributed by atoms with Gasteiger partial charge in [0.05, 0.1) is 0 Å². The quantitative estimate of drug-likeness (QED) is 0.204. The van der Waals surface area contributed by atoms with Gasteiger partial charge in [-0.05, 0) is 12.8 Å². The number of unbranched alkanes of at least 4 members (excludes halogenated alkanes) is 10. The summed E-state index contributed by atoms with van der Waals surface area (Å²) in [6.07, 6.45) is 5.70. The Balaban J connectivity index is 3.45. The van der Waals surface area contributed by atoms with Crippen LogP contribution in [-0.4, -0.2) is 27.8 Å². The van der Waals surface area contributed by atoms with Crippen molar-refractivity contribution in [1.29, 1.82) is 0 Å². The minimum absolute atomic E-state index is 0.0799. The van der Waals surface area contributed by atoms with E-state index in [-0.39, 0.29) is 12.2 Å². The van der Waals surface area contributed by atoms with Gasteiger partial charge in [0.15, 0.2) is 0 Å². The van der Waals surface area contributed by atoms with E-state index in [1.165, 1.54) is 44.9 Å². The van der Waals surface area contributed by atoms with Gasteiger partial charge in [-0.15, -0.1) is 0 Å². The minimum Gasteiger partial charge on any atom is -0.260 e. The van der Waals surface area contributed by atoms with Crippen LogP contribution in [0.1, 0.15) is 90.4 Å². The van der Waals surface area contributed by atoms with Gasteiger partial charge in [-0.2, -0.15) is 22.0 Å². The molecule has 1 atom stereocenters. The molecule has 0 aromatic rings. The smallest absolute Gasteiger partial charge is 0.260 e. The Morgan fingerprint density at radius 2 is 1.04 bits per heavy atom. The molecule has 0 N–H and O–H groups in total. The van der Waals surface area contributed by atoms with Gasteiger partial charge in [0.2, 0.25) is 0 Å². The summed E-state index contributed by atoms with van der Waals surface area (Å²) >= 11 is 0. The number of rotatable bonds is 16. The Bertz CT molecular complexity index is 345. The van der Waals surface area contributed by atoms with E-state index in [4.69, 9.17) is 0 Å². The van der Waals surface area contributed by atoms with Gasteiger partial charge in [-0.1, -0.05) is 71.1 Å². The summed E-state index contributed by atoms with van der Waals surface area (Å²) in [6.45, 7) is 2.20. The van der Waals surface area contributed by atoms with Crippen molar-refractivity contribution in [3.8, 4) is 0 Å². The van der Waals surface area contributed by atoms with Crippen LogP contribution in [0, 0.1) is 0 Å². The first-order valence-corrected chi connectivity index (χ1v) is 11.0. The first kappa shape index (κ1) is 24.8. The highest BCUT2D eigenvalue weighted by Crippen LogP contribution is 2.38. The van der Waals surface area contributed by atoms with Crippen LogP contribution < -0.4 is 0 Å². The lowest BCUT2D eigenvalue weighted by molar-refractivity contribution is -0.284. The van der Waals surface area contributed by atoms with Crippen LogP contribution in [0.2, 0.25) is 0 Å². The van der Waals surface area contributed by atoms with E-state index in [1.54, 1.807) is 0 Å². The molecule has 7 heteroatoms. The molecule has 0 aliphatic carbocycles.